The lowest BCUT2D eigenvalue weighted by Crippen LogP contribution is -2.36. The third-order valence-electron chi connectivity index (χ3n) is 7.10. The molecule has 7 heteroatoms. The molecule has 0 bridgehead atoms. The number of aliphatic imine (C=N–C) groups is 1. The summed E-state index contributed by atoms with van der Waals surface area (Å²) in [5, 5.41) is 8.89. The highest BCUT2D eigenvalue weighted by molar-refractivity contribution is 5.91. The van der Waals surface area contributed by atoms with Gasteiger partial charge in [0.1, 0.15) is 5.39 Å². The lowest BCUT2D eigenvalue weighted by atomic mass is 9.88. The second-order valence-electron chi connectivity index (χ2n) is 11.3. The molecular formula is C28H40N6O. The highest BCUT2D eigenvalue weighted by Gasteiger charge is 2.23. The fraction of sp³-hybridized carbons (Fsp3) is 0.536. The third kappa shape index (κ3) is 5.67. The zero-order valence-corrected chi connectivity index (χ0v) is 21.7. The minimum atomic E-state index is -0.118. The highest BCUT2D eigenvalue weighted by atomic mass is 16.1. The van der Waals surface area contributed by atoms with E-state index in [-0.39, 0.29) is 23.1 Å². The summed E-state index contributed by atoms with van der Waals surface area (Å²) in [4.78, 5) is 20.4. The topological polar surface area (TPSA) is 101 Å². The summed E-state index contributed by atoms with van der Waals surface area (Å²) < 4.78 is 2.06. The van der Waals surface area contributed by atoms with Gasteiger partial charge in [0.15, 0.2) is 5.82 Å². The fourth-order valence-corrected chi connectivity index (χ4v) is 4.74. The van der Waals surface area contributed by atoms with Gasteiger partial charge in [-0.3, -0.25) is 14.5 Å². The smallest absolute Gasteiger partial charge is 0.261 e. The van der Waals surface area contributed by atoms with E-state index >= 15 is 0 Å². The van der Waals surface area contributed by atoms with Gasteiger partial charge in [-0.25, -0.2) is 0 Å². The molecule has 0 aliphatic heterocycles. The van der Waals surface area contributed by atoms with Crippen LogP contribution in [0, 0.1) is 11.3 Å². The molecule has 1 aromatic carbocycles. The molecular weight excluding hydrogens is 436 g/mol. The van der Waals surface area contributed by atoms with Crippen molar-refractivity contribution in [2.24, 2.45) is 22.1 Å². The van der Waals surface area contributed by atoms with Crippen LogP contribution in [0.15, 0.2) is 46.3 Å². The third-order valence-corrected chi connectivity index (χ3v) is 7.10. The molecule has 0 amide bonds. The summed E-state index contributed by atoms with van der Waals surface area (Å²) in [6.45, 7) is 10.7. The van der Waals surface area contributed by atoms with Crippen LogP contribution in [0.25, 0.3) is 10.9 Å². The average Bonchev–Trinajstić information content (AvgIpc) is 3.19. The van der Waals surface area contributed by atoms with E-state index in [9.17, 15) is 4.79 Å². The molecule has 0 saturated heterocycles. The molecule has 1 fully saturated rings. The molecule has 1 saturated carbocycles. The van der Waals surface area contributed by atoms with E-state index in [4.69, 9.17) is 15.8 Å². The zero-order valence-electron chi connectivity index (χ0n) is 21.7. The minimum absolute atomic E-state index is 0.0273. The second kappa shape index (κ2) is 10.4. The monoisotopic (exact) mass is 476 g/mol. The van der Waals surface area contributed by atoms with Gasteiger partial charge in [0.2, 0.25) is 0 Å². The number of fused-ring (bicyclic) bond motifs is 1. The normalized spacial score (nSPS) is 17.3. The average molecular weight is 477 g/mol. The van der Waals surface area contributed by atoms with Crippen molar-refractivity contribution in [3.63, 3.8) is 0 Å². The Labute approximate surface area is 208 Å². The van der Waals surface area contributed by atoms with Crippen LogP contribution in [0.3, 0.4) is 0 Å². The maximum atomic E-state index is 12.7. The predicted octanol–water partition coefficient (Wildman–Crippen LogP) is 6.11. The van der Waals surface area contributed by atoms with Gasteiger partial charge in [0.05, 0.1) is 17.6 Å². The molecule has 2 unspecified atom stereocenters. The first-order valence-corrected chi connectivity index (χ1v) is 12.9. The number of aromatic amines is 1. The van der Waals surface area contributed by atoms with Crippen LogP contribution in [-0.4, -0.2) is 27.0 Å². The molecule has 2 heterocycles. The van der Waals surface area contributed by atoms with Crippen molar-refractivity contribution in [3.05, 3.63) is 52.4 Å². The van der Waals surface area contributed by atoms with Crippen LogP contribution in [0.4, 0.5) is 11.5 Å². The quantitative estimate of drug-likeness (QED) is 0.358. The van der Waals surface area contributed by atoms with Gasteiger partial charge in [-0.2, -0.15) is 5.10 Å². The summed E-state index contributed by atoms with van der Waals surface area (Å²) >= 11 is 0. The molecule has 2 aromatic heterocycles. The number of benzene rings is 1. The molecule has 0 radical (unpaired) electrons. The van der Waals surface area contributed by atoms with Crippen LogP contribution in [-0.2, 0) is 0 Å². The first-order valence-electron chi connectivity index (χ1n) is 12.9. The number of H-pyrrole nitrogens is 1. The summed E-state index contributed by atoms with van der Waals surface area (Å²) in [6.07, 6.45) is 9.51. The van der Waals surface area contributed by atoms with Gasteiger partial charge < -0.3 is 16.0 Å². The standard InChI is InChI=1S/C28H40N6O/c1-18(2)25(31-17-23(29)28(3,4)5)19-11-13-20(14-12-19)32-26-24-22(15-16-30-27(24)35)34(33-26)21-9-7-6-8-10-21/h11-18,21,23,25H,6-10,29H2,1-5H3,(H,30,35)(H,32,33). The van der Waals surface area contributed by atoms with E-state index in [0.717, 1.165) is 29.6 Å². The van der Waals surface area contributed by atoms with E-state index in [1.807, 2.05) is 24.4 Å². The van der Waals surface area contributed by atoms with Crippen molar-refractivity contribution in [2.45, 2.75) is 84.8 Å². The van der Waals surface area contributed by atoms with Gasteiger partial charge in [-0.1, -0.05) is 66.0 Å². The van der Waals surface area contributed by atoms with Gasteiger partial charge >= 0.3 is 0 Å². The molecule has 1 aliphatic carbocycles. The summed E-state index contributed by atoms with van der Waals surface area (Å²) in [5.74, 6) is 0.945. The largest absolute Gasteiger partial charge is 0.338 e. The van der Waals surface area contributed by atoms with Crippen LogP contribution >= 0.6 is 0 Å². The number of hydrogen-bond donors (Lipinski definition) is 3. The van der Waals surface area contributed by atoms with E-state index in [1.165, 1.54) is 19.3 Å². The van der Waals surface area contributed by atoms with Crippen molar-refractivity contribution < 1.29 is 0 Å². The van der Waals surface area contributed by atoms with Crippen LogP contribution in [0.1, 0.15) is 84.4 Å². The summed E-state index contributed by atoms with van der Waals surface area (Å²) in [5.41, 5.74) is 9.08. The maximum Gasteiger partial charge on any atom is 0.261 e. The Hall–Kier alpha value is -2.93. The number of nitrogens with two attached hydrogens (primary N) is 1. The van der Waals surface area contributed by atoms with Gasteiger partial charge in [-0.15, -0.1) is 0 Å². The Kier molecular flexibility index (Phi) is 7.45. The van der Waals surface area contributed by atoms with Crippen molar-refractivity contribution >= 4 is 28.6 Å². The zero-order chi connectivity index (χ0) is 25.2. The van der Waals surface area contributed by atoms with Crippen LogP contribution < -0.4 is 16.6 Å². The number of rotatable bonds is 7. The van der Waals surface area contributed by atoms with Gasteiger partial charge in [0, 0.05) is 24.1 Å². The van der Waals surface area contributed by atoms with E-state index in [2.05, 4.69) is 61.7 Å². The number of aromatic nitrogens is 3. The number of pyridine rings is 1. The molecule has 1 aliphatic rings. The Bertz CT molecular complexity index is 1210. The lowest BCUT2D eigenvalue weighted by molar-refractivity contribution is 0.338. The molecule has 3 aromatic rings. The number of nitrogens with one attached hydrogen (secondary N) is 2. The first-order chi connectivity index (χ1) is 16.6. The van der Waals surface area contributed by atoms with Gasteiger partial charge in [0.25, 0.3) is 5.56 Å². The molecule has 188 valence electrons. The molecule has 0 spiro atoms. The Morgan fingerprint density at radius 1 is 1.14 bits per heavy atom. The Morgan fingerprint density at radius 2 is 1.83 bits per heavy atom. The van der Waals surface area contributed by atoms with Crippen molar-refractivity contribution in [3.8, 4) is 0 Å². The number of hydrogen-bond acceptors (Lipinski definition) is 5. The van der Waals surface area contributed by atoms with Crippen molar-refractivity contribution in [1.82, 2.24) is 14.8 Å². The number of nitrogens with zero attached hydrogens (tertiary/aromatic N) is 3. The van der Waals surface area contributed by atoms with Crippen LogP contribution in [0.2, 0.25) is 0 Å². The van der Waals surface area contributed by atoms with E-state index in [1.54, 1.807) is 6.20 Å². The predicted molar refractivity (Wildman–Crippen MR) is 146 cm³/mol. The number of anilines is 2. The summed E-state index contributed by atoms with van der Waals surface area (Å²) in [6, 6.07) is 10.5. The second-order valence-corrected chi connectivity index (χ2v) is 11.3. The van der Waals surface area contributed by atoms with Crippen molar-refractivity contribution in [2.75, 3.05) is 5.32 Å². The lowest BCUT2D eigenvalue weighted by Gasteiger charge is -2.25. The molecule has 7 nitrogen and oxygen atoms in total. The van der Waals surface area contributed by atoms with Crippen molar-refractivity contribution in [1.29, 1.82) is 0 Å². The van der Waals surface area contributed by atoms with Crippen LogP contribution in [0.5, 0.6) is 0 Å². The fourth-order valence-electron chi connectivity index (χ4n) is 4.74. The Balaban J connectivity index is 1.59. The summed E-state index contributed by atoms with van der Waals surface area (Å²) in [7, 11) is 0. The minimum Gasteiger partial charge on any atom is -0.338 e. The van der Waals surface area contributed by atoms with E-state index in [0.29, 0.717) is 23.2 Å². The SMILES string of the molecule is CC(C)C(N=CC(N)C(C)(C)C)c1ccc(Nc2nn(C3CCCCC3)c3cc[nH]c(=O)c23)cc1. The van der Waals surface area contributed by atoms with Gasteiger partial charge in [-0.05, 0) is 47.9 Å². The highest BCUT2D eigenvalue weighted by Crippen LogP contribution is 2.33. The van der Waals surface area contributed by atoms with E-state index < -0.39 is 0 Å². The molecule has 4 rings (SSSR count). The maximum absolute atomic E-state index is 12.7. The Morgan fingerprint density at radius 3 is 2.46 bits per heavy atom. The molecule has 4 N–H and O–H groups in total. The first kappa shape index (κ1) is 25.2. The molecule has 35 heavy (non-hydrogen) atoms. The molecule has 2 atom stereocenters.